The van der Waals surface area contributed by atoms with E-state index < -0.39 is 15.8 Å². The molecule has 0 spiro atoms. The minimum atomic E-state index is -3.83. The number of nitrogens with zero attached hydrogens (tertiary/aromatic N) is 1. The van der Waals surface area contributed by atoms with E-state index in [1.54, 1.807) is 13.8 Å². The molecule has 1 heterocycles. The molecule has 0 aliphatic carbocycles. The second-order valence-corrected chi connectivity index (χ2v) is 7.94. The molecule has 6 heteroatoms. The van der Waals surface area contributed by atoms with E-state index in [0.717, 1.165) is 11.6 Å². The Balaban J connectivity index is 2.20. The second kappa shape index (κ2) is 5.70. The van der Waals surface area contributed by atoms with Crippen LogP contribution in [0, 0.1) is 26.6 Å². The van der Waals surface area contributed by atoms with Crippen LogP contribution >= 0.6 is 0 Å². The minimum Gasteiger partial charge on any atom is -0.294 e. The van der Waals surface area contributed by atoms with Gasteiger partial charge in [-0.2, -0.15) is 0 Å². The fourth-order valence-electron chi connectivity index (χ4n) is 3.34. The van der Waals surface area contributed by atoms with Crippen molar-refractivity contribution in [1.29, 1.82) is 0 Å². The number of fused-ring (bicyclic) bond motifs is 1. The number of halogens is 1. The van der Waals surface area contributed by atoms with Gasteiger partial charge in [-0.3, -0.25) is 9.10 Å². The zero-order chi connectivity index (χ0) is 17.6. The number of carbonyl (C=O) groups is 1. The van der Waals surface area contributed by atoms with Gasteiger partial charge in [-0.05, 0) is 50.1 Å². The maximum absolute atomic E-state index is 13.5. The monoisotopic (exact) mass is 347 g/mol. The van der Waals surface area contributed by atoms with E-state index in [9.17, 15) is 17.6 Å². The van der Waals surface area contributed by atoms with Gasteiger partial charge in [0.15, 0.2) is 5.78 Å². The number of carbonyl (C=O) groups excluding carboxylic acids is 1. The van der Waals surface area contributed by atoms with Gasteiger partial charge in [0.25, 0.3) is 10.0 Å². The highest BCUT2D eigenvalue weighted by molar-refractivity contribution is 7.93. The van der Waals surface area contributed by atoms with Crippen molar-refractivity contribution in [1.82, 2.24) is 0 Å². The first kappa shape index (κ1) is 16.6. The van der Waals surface area contributed by atoms with E-state index in [2.05, 4.69) is 0 Å². The van der Waals surface area contributed by atoms with Crippen LogP contribution in [0.1, 0.15) is 33.5 Å². The van der Waals surface area contributed by atoms with Crippen molar-refractivity contribution in [3.8, 4) is 0 Å². The third-order valence-corrected chi connectivity index (χ3v) is 6.34. The molecule has 0 saturated heterocycles. The number of aryl methyl sites for hydroxylation is 3. The van der Waals surface area contributed by atoms with Crippen LogP contribution in [0.3, 0.4) is 0 Å². The molecule has 0 bridgehead atoms. The van der Waals surface area contributed by atoms with E-state index in [1.807, 2.05) is 19.1 Å². The fraction of sp³-hybridized carbons (Fsp3) is 0.278. The molecular weight excluding hydrogens is 329 g/mol. The maximum atomic E-state index is 13.5. The van der Waals surface area contributed by atoms with Crippen LogP contribution in [-0.2, 0) is 10.0 Å². The van der Waals surface area contributed by atoms with Crippen LogP contribution in [0.2, 0.25) is 0 Å². The lowest BCUT2D eigenvalue weighted by Crippen LogP contribution is -2.38. The largest absolute Gasteiger partial charge is 0.294 e. The molecule has 24 heavy (non-hydrogen) atoms. The van der Waals surface area contributed by atoms with Gasteiger partial charge >= 0.3 is 0 Å². The van der Waals surface area contributed by atoms with E-state index in [0.29, 0.717) is 11.1 Å². The second-order valence-electron chi connectivity index (χ2n) is 6.14. The van der Waals surface area contributed by atoms with Crippen molar-refractivity contribution in [2.75, 3.05) is 10.8 Å². The first-order chi connectivity index (χ1) is 11.2. The van der Waals surface area contributed by atoms with Crippen LogP contribution < -0.4 is 4.31 Å². The maximum Gasteiger partial charge on any atom is 0.264 e. The summed E-state index contributed by atoms with van der Waals surface area (Å²) in [6.07, 6.45) is 0.0413. The fourth-order valence-corrected chi connectivity index (χ4v) is 5.24. The van der Waals surface area contributed by atoms with Gasteiger partial charge in [0.05, 0.1) is 10.6 Å². The normalized spacial score (nSPS) is 14.7. The Morgan fingerprint density at radius 1 is 1.04 bits per heavy atom. The number of hydrogen-bond donors (Lipinski definition) is 0. The van der Waals surface area contributed by atoms with Gasteiger partial charge in [0.1, 0.15) is 5.82 Å². The molecule has 4 nitrogen and oxygen atoms in total. The highest BCUT2D eigenvalue weighted by Gasteiger charge is 2.34. The van der Waals surface area contributed by atoms with E-state index in [4.69, 9.17) is 0 Å². The summed E-state index contributed by atoms with van der Waals surface area (Å²) in [4.78, 5) is 12.3. The van der Waals surface area contributed by atoms with Crippen molar-refractivity contribution >= 4 is 21.5 Å². The van der Waals surface area contributed by atoms with Crippen molar-refractivity contribution in [2.24, 2.45) is 0 Å². The Bertz CT molecular complexity index is 928. The Hall–Kier alpha value is -2.21. The van der Waals surface area contributed by atoms with Crippen LogP contribution in [0.15, 0.2) is 35.2 Å². The Morgan fingerprint density at radius 3 is 2.29 bits per heavy atom. The molecule has 0 atom stereocenters. The number of benzene rings is 2. The van der Waals surface area contributed by atoms with Gasteiger partial charge < -0.3 is 0 Å². The van der Waals surface area contributed by atoms with Gasteiger partial charge in [0.2, 0.25) is 0 Å². The third kappa shape index (κ3) is 2.60. The standard InChI is InChI=1S/C18H18FNO3S/c1-11-8-12(2)18(13(3)9-11)24(22,23)20-7-6-17(21)15-10-14(19)4-5-16(15)20/h4-5,8-10H,6-7H2,1-3H3. The molecule has 3 rings (SSSR count). The van der Waals surface area contributed by atoms with E-state index in [1.165, 1.54) is 16.4 Å². The number of Topliss-reactive ketones (excluding diaryl/α,β-unsaturated/α-hetero) is 1. The van der Waals surface area contributed by atoms with Crippen LogP contribution in [0.4, 0.5) is 10.1 Å². The molecule has 0 amide bonds. The number of sulfonamides is 1. The van der Waals surface area contributed by atoms with Crippen LogP contribution in [-0.4, -0.2) is 20.7 Å². The summed E-state index contributed by atoms with van der Waals surface area (Å²) in [5.41, 5.74) is 2.67. The molecular formula is C18H18FNO3S. The zero-order valence-electron chi connectivity index (χ0n) is 13.8. The summed E-state index contributed by atoms with van der Waals surface area (Å²) in [7, 11) is -3.83. The molecule has 2 aromatic carbocycles. The highest BCUT2D eigenvalue weighted by Crippen LogP contribution is 2.34. The lowest BCUT2D eigenvalue weighted by molar-refractivity contribution is 0.0981. The average molecular weight is 347 g/mol. The lowest BCUT2D eigenvalue weighted by atomic mass is 10.0. The topological polar surface area (TPSA) is 54.5 Å². The lowest BCUT2D eigenvalue weighted by Gasteiger charge is -2.30. The molecule has 2 aromatic rings. The predicted molar refractivity (Wildman–Crippen MR) is 90.5 cm³/mol. The predicted octanol–water partition coefficient (Wildman–Crippen LogP) is 3.53. The molecule has 0 N–H and O–H groups in total. The van der Waals surface area contributed by atoms with Gasteiger partial charge in [-0.25, -0.2) is 12.8 Å². The smallest absolute Gasteiger partial charge is 0.264 e. The Morgan fingerprint density at radius 2 is 1.67 bits per heavy atom. The van der Waals surface area contributed by atoms with E-state index >= 15 is 0 Å². The molecule has 126 valence electrons. The molecule has 0 unspecified atom stereocenters. The SMILES string of the molecule is Cc1cc(C)c(S(=O)(=O)N2CCC(=O)c3cc(F)ccc32)c(C)c1. The Labute approximate surface area is 141 Å². The molecule has 1 aliphatic rings. The molecule has 0 fully saturated rings. The van der Waals surface area contributed by atoms with Gasteiger partial charge in [-0.1, -0.05) is 17.7 Å². The quantitative estimate of drug-likeness (QED) is 0.835. The molecule has 0 radical (unpaired) electrons. The Kier molecular flexibility index (Phi) is 3.95. The van der Waals surface area contributed by atoms with Crippen molar-refractivity contribution in [3.05, 3.63) is 58.4 Å². The summed E-state index contributed by atoms with van der Waals surface area (Å²) in [5.74, 6) is -0.794. The first-order valence-corrected chi connectivity index (χ1v) is 9.09. The highest BCUT2D eigenvalue weighted by atomic mass is 32.2. The zero-order valence-corrected chi connectivity index (χ0v) is 14.6. The van der Waals surface area contributed by atoms with Crippen LogP contribution in [0.25, 0.3) is 0 Å². The number of ketones is 1. The summed E-state index contributed by atoms with van der Waals surface area (Å²) in [6, 6.07) is 7.28. The molecule has 0 saturated carbocycles. The first-order valence-electron chi connectivity index (χ1n) is 7.65. The molecule has 1 aliphatic heterocycles. The van der Waals surface area contributed by atoms with E-state index in [-0.39, 0.29) is 34.9 Å². The van der Waals surface area contributed by atoms with Crippen LogP contribution in [0.5, 0.6) is 0 Å². The summed E-state index contributed by atoms with van der Waals surface area (Å²) < 4.78 is 41.1. The number of rotatable bonds is 2. The van der Waals surface area contributed by atoms with Crippen molar-refractivity contribution in [2.45, 2.75) is 32.1 Å². The number of anilines is 1. The van der Waals surface area contributed by atoms with Gasteiger partial charge in [0, 0.05) is 18.5 Å². The minimum absolute atomic E-state index is 0.0413. The summed E-state index contributed by atoms with van der Waals surface area (Å²) in [5, 5.41) is 0. The average Bonchev–Trinajstić information content (AvgIpc) is 2.46. The van der Waals surface area contributed by atoms with Crippen molar-refractivity contribution < 1.29 is 17.6 Å². The third-order valence-electron chi connectivity index (χ3n) is 4.22. The summed E-state index contributed by atoms with van der Waals surface area (Å²) >= 11 is 0. The summed E-state index contributed by atoms with van der Waals surface area (Å²) in [6.45, 7) is 5.49. The van der Waals surface area contributed by atoms with Gasteiger partial charge in [-0.15, -0.1) is 0 Å². The van der Waals surface area contributed by atoms with Crippen molar-refractivity contribution in [3.63, 3.8) is 0 Å². The number of hydrogen-bond acceptors (Lipinski definition) is 3. The molecule has 0 aromatic heterocycles.